The number of ether oxygens (including phenoxy) is 6. The maximum absolute atomic E-state index is 17.0. The number of alkyl carbamates (subject to hydrolysis) is 1. The molecule has 0 aromatic heterocycles. The van der Waals surface area contributed by atoms with E-state index >= 15 is 14.4 Å². The van der Waals surface area contributed by atoms with Crippen LogP contribution in [-0.2, 0) is 51.7 Å². The molecule has 1 amide bonds. The van der Waals surface area contributed by atoms with Crippen molar-refractivity contribution in [2.45, 2.75) is 206 Å². The van der Waals surface area contributed by atoms with Crippen LogP contribution in [0.5, 0.6) is 0 Å². The predicted molar refractivity (Wildman–Crippen MR) is 305 cm³/mol. The average Bonchev–Trinajstić information content (AvgIpc) is 2.19. The van der Waals surface area contributed by atoms with E-state index in [1.165, 1.54) is 6.92 Å². The molecule has 436 valence electrons. The number of carbonyl (C=O) groups excluding carboxylic acids is 6. The lowest BCUT2D eigenvalue weighted by atomic mass is 9.44. The molecule has 11 atom stereocenters. The van der Waals surface area contributed by atoms with Gasteiger partial charge in [-0.3, -0.25) is 9.59 Å². The summed E-state index contributed by atoms with van der Waals surface area (Å²) in [5.41, 5.74) is -7.39. The van der Waals surface area contributed by atoms with Crippen molar-refractivity contribution in [1.29, 1.82) is 0 Å². The topological polar surface area (TPSA) is 209 Å². The van der Waals surface area contributed by atoms with Crippen molar-refractivity contribution in [1.82, 2.24) is 5.32 Å². The van der Waals surface area contributed by atoms with Gasteiger partial charge in [0.15, 0.2) is 40.2 Å². The van der Waals surface area contributed by atoms with Gasteiger partial charge in [-0.2, -0.15) is 0 Å². The molecule has 3 fully saturated rings. The highest BCUT2D eigenvalue weighted by molar-refractivity contribution is 6.74. The normalized spacial score (nSPS) is 28.0. The molecular formula is C62H85NO15Si2. The Morgan fingerprint density at radius 3 is 1.74 bits per heavy atom. The Bertz CT molecular complexity index is 2740. The van der Waals surface area contributed by atoms with Gasteiger partial charge in [-0.15, -0.1) is 0 Å². The zero-order chi connectivity index (χ0) is 58.8. The second-order valence-corrected chi connectivity index (χ2v) is 33.4. The van der Waals surface area contributed by atoms with Crippen molar-refractivity contribution >= 4 is 52.4 Å². The summed E-state index contributed by atoms with van der Waals surface area (Å²) in [5, 5.41) is 17.6. The van der Waals surface area contributed by atoms with Crippen molar-refractivity contribution < 1.29 is 71.1 Å². The van der Waals surface area contributed by atoms with E-state index in [9.17, 15) is 19.5 Å². The van der Waals surface area contributed by atoms with Gasteiger partial charge in [0.1, 0.15) is 29.5 Å². The SMILES string of the molecule is CC[Si](CC)(CC)OC1C[C@H]2OC[C@@]2(OC(C)=O)C2[C@H](OC(=O)c3ccccc3)[C@]3(O)C[C@H](OC(=O)[C@H](O[Si](CC)(CC)CC)[C@@H](NC(=O)OC(C)(C)C)c4ccccc4)C(C)=C([C@@H](OC(=O)c4ccccc4)C(=O)[C@]12C)C3(C)C. The Morgan fingerprint density at radius 1 is 0.750 bits per heavy atom. The number of amides is 1. The van der Waals surface area contributed by atoms with Crippen LogP contribution in [0.3, 0.4) is 0 Å². The standard InChI is InChI=1S/C62H85NO15Si2/c1-15-79(16-2,17-3)77-45-36-46-61(38-71-46,75-40(8)64)51-53(74-55(67)43-34-28-23-29-35-43)62(70)37-44(39(7)47(59(62,12)13)49(52(65)60(45,51)14)73-54(66)42-32-26-22-27-33-42)72-56(68)50(78-80(18-4,19-5)20-6)48(41-30-24-21-25-31-41)63-57(69)76-58(9,10)11/h21-35,44-46,48-51,53,70H,15-20,36-38H2,1-14H3,(H,63,69)/t44-,45?,46+,48-,49+,50+,51?,53-,60+,61-,62+/m0/s1. The lowest BCUT2D eigenvalue weighted by Gasteiger charge is -2.68. The van der Waals surface area contributed by atoms with Gasteiger partial charge in [-0.25, -0.2) is 19.2 Å². The first-order chi connectivity index (χ1) is 37.7. The molecule has 3 aliphatic carbocycles. The lowest BCUT2D eigenvalue weighted by Crippen LogP contribution is -2.82. The molecule has 18 heteroatoms. The first-order valence-corrected chi connectivity index (χ1v) is 33.7. The van der Waals surface area contributed by atoms with Crippen LogP contribution in [0, 0.1) is 16.7 Å². The van der Waals surface area contributed by atoms with E-state index in [1.807, 2.05) is 26.8 Å². The first-order valence-electron chi connectivity index (χ1n) is 28.6. The summed E-state index contributed by atoms with van der Waals surface area (Å²) in [6.07, 6.45) is -9.62. The molecule has 3 aromatic rings. The van der Waals surface area contributed by atoms with Crippen molar-refractivity contribution in [2.24, 2.45) is 16.7 Å². The van der Waals surface area contributed by atoms with Gasteiger partial charge in [-0.05, 0) is 112 Å². The second-order valence-electron chi connectivity index (χ2n) is 24.0. The Balaban J connectivity index is 1.53. The van der Waals surface area contributed by atoms with E-state index in [2.05, 4.69) is 26.1 Å². The van der Waals surface area contributed by atoms with Gasteiger partial charge in [0, 0.05) is 25.2 Å². The number of hydrogen-bond acceptors (Lipinski definition) is 15. The van der Waals surface area contributed by atoms with Crippen LogP contribution in [0.1, 0.15) is 142 Å². The number of ketones is 1. The highest BCUT2D eigenvalue weighted by Gasteiger charge is 2.79. The number of carbonyl (C=O) groups is 6. The third-order valence-electron chi connectivity index (χ3n) is 18.4. The number of rotatable bonds is 20. The minimum atomic E-state index is -2.79. The van der Waals surface area contributed by atoms with Gasteiger partial charge in [0.2, 0.25) is 0 Å². The number of Topliss-reactive ketones (excluding diaryl/α,β-unsaturated/α-hetero) is 1. The smallest absolute Gasteiger partial charge is 0.408 e. The van der Waals surface area contributed by atoms with Crippen LogP contribution < -0.4 is 5.32 Å². The van der Waals surface area contributed by atoms with Gasteiger partial charge in [-0.1, -0.05) is 122 Å². The van der Waals surface area contributed by atoms with Crippen LogP contribution in [0.15, 0.2) is 102 Å². The number of fused-ring (bicyclic) bond motifs is 5. The van der Waals surface area contributed by atoms with Crippen LogP contribution in [-0.4, -0.2) is 118 Å². The van der Waals surface area contributed by atoms with E-state index in [0.29, 0.717) is 41.8 Å². The van der Waals surface area contributed by atoms with Gasteiger partial charge < -0.3 is 47.7 Å². The molecule has 2 bridgehead atoms. The van der Waals surface area contributed by atoms with Crippen molar-refractivity contribution in [2.75, 3.05) is 6.61 Å². The minimum absolute atomic E-state index is 0.0684. The summed E-state index contributed by atoms with van der Waals surface area (Å²) in [4.78, 5) is 90.3. The fourth-order valence-corrected chi connectivity index (χ4v) is 18.9. The molecule has 3 aromatic carbocycles. The maximum Gasteiger partial charge on any atom is 0.408 e. The Hall–Kier alpha value is -5.51. The minimum Gasteiger partial charge on any atom is -0.456 e. The first kappa shape index (κ1) is 62.1. The molecule has 2 unspecified atom stereocenters. The van der Waals surface area contributed by atoms with Gasteiger partial charge in [0.05, 0.1) is 41.2 Å². The summed E-state index contributed by atoms with van der Waals surface area (Å²) in [7, 11) is -5.50. The monoisotopic (exact) mass is 1140 g/mol. The quantitative estimate of drug-likeness (QED) is 0.0467. The summed E-state index contributed by atoms with van der Waals surface area (Å²) in [5.74, 6) is -5.44. The van der Waals surface area contributed by atoms with E-state index in [4.69, 9.17) is 37.3 Å². The van der Waals surface area contributed by atoms with Crippen LogP contribution in [0.4, 0.5) is 4.79 Å². The largest absolute Gasteiger partial charge is 0.456 e. The molecule has 7 rings (SSSR count). The average molecular weight is 1140 g/mol. The fraction of sp³-hybridized carbons (Fsp3) is 0.581. The number of nitrogens with one attached hydrogen (secondary N) is 1. The summed E-state index contributed by atoms with van der Waals surface area (Å²) >= 11 is 0. The van der Waals surface area contributed by atoms with Gasteiger partial charge >= 0.3 is 30.0 Å². The summed E-state index contributed by atoms with van der Waals surface area (Å²) in [6, 6.07) is 28.1. The fourth-order valence-electron chi connectivity index (χ4n) is 13.2. The Kier molecular flexibility index (Phi) is 18.7. The molecule has 1 aliphatic heterocycles. The zero-order valence-electron chi connectivity index (χ0n) is 49.3. The van der Waals surface area contributed by atoms with E-state index < -0.39 is 135 Å². The summed E-state index contributed by atoms with van der Waals surface area (Å²) < 4.78 is 53.5. The number of esters is 4. The van der Waals surface area contributed by atoms with Crippen LogP contribution in [0.25, 0.3) is 0 Å². The van der Waals surface area contributed by atoms with Crippen LogP contribution >= 0.6 is 0 Å². The zero-order valence-corrected chi connectivity index (χ0v) is 51.3. The molecule has 16 nitrogen and oxygen atoms in total. The molecule has 2 N–H and O–H groups in total. The number of aliphatic hydroxyl groups is 1. The van der Waals surface area contributed by atoms with Crippen molar-refractivity contribution in [3.8, 4) is 0 Å². The van der Waals surface area contributed by atoms with E-state index in [1.54, 1.807) is 133 Å². The molecule has 2 saturated carbocycles. The highest BCUT2D eigenvalue weighted by Crippen LogP contribution is 2.65. The number of benzene rings is 3. The third-order valence-corrected chi connectivity index (χ3v) is 27.6. The van der Waals surface area contributed by atoms with E-state index in [-0.39, 0.29) is 35.3 Å². The predicted octanol–water partition coefficient (Wildman–Crippen LogP) is 11.2. The van der Waals surface area contributed by atoms with E-state index in [0.717, 1.165) is 0 Å². The Morgan fingerprint density at radius 2 is 1.26 bits per heavy atom. The highest BCUT2D eigenvalue weighted by atomic mass is 28.4. The van der Waals surface area contributed by atoms with Crippen molar-refractivity contribution in [3.05, 3.63) is 119 Å². The maximum atomic E-state index is 17.0. The second kappa shape index (κ2) is 24.1. The Labute approximate surface area is 474 Å². The van der Waals surface area contributed by atoms with Crippen LogP contribution in [0.2, 0.25) is 36.3 Å². The van der Waals surface area contributed by atoms with Gasteiger partial charge in [0.25, 0.3) is 0 Å². The summed E-state index contributed by atoms with van der Waals surface area (Å²) in [6.45, 7) is 25.1. The molecule has 80 heavy (non-hydrogen) atoms. The molecule has 1 saturated heterocycles. The third kappa shape index (κ3) is 11.6. The molecular weight excluding hydrogens is 1050 g/mol. The van der Waals surface area contributed by atoms with Crippen molar-refractivity contribution in [3.63, 3.8) is 0 Å². The molecule has 0 radical (unpaired) electrons. The lowest BCUT2D eigenvalue weighted by molar-refractivity contribution is -0.344. The molecule has 4 aliphatic rings. The molecule has 1 heterocycles. The number of hydrogen-bond donors (Lipinski definition) is 2. The molecule has 0 spiro atoms.